The van der Waals surface area contributed by atoms with E-state index in [0.717, 1.165) is 5.69 Å². The first-order valence-corrected chi connectivity index (χ1v) is 11.6. The van der Waals surface area contributed by atoms with E-state index < -0.39 is 0 Å². The van der Waals surface area contributed by atoms with E-state index in [1.807, 2.05) is 12.1 Å². The van der Waals surface area contributed by atoms with Crippen LogP contribution in [-0.4, -0.2) is 6.04 Å². The monoisotopic (exact) mass is 358 g/mol. The van der Waals surface area contributed by atoms with Crippen molar-refractivity contribution >= 4 is 5.69 Å². The van der Waals surface area contributed by atoms with E-state index in [1.165, 1.54) is 103 Å². The average molecular weight is 359 g/mol. The molecule has 1 aromatic carbocycles. The summed E-state index contributed by atoms with van der Waals surface area (Å²) in [4.78, 5) is 0. The Kier molecular flexibility index (Phi) is 15.5. The Balaban J connectivity index is 1.77. The van der Waals surface area contributed by atoms with Crippen molar-refractivity contribution in [1.82, 2.24) is 0 Å². The van der Waals surface area contributed by atoms with Crippen molar-refractivity contribution in [2.45, 2.75) is 123 Å². The molecule has 0 saturated carbocycles. The first-order chi connectivity index (χ1) is 12.8. The first-order valence-electron chi connectivity index (χ1n) is 11.6. The maximum Gasteiger partial charge on any atom is 0.0422 e. The molecule has 26 heavy (non-hydrogen) atoms. The van der Waals surface area contributed by atoms with Crippen molar-refractivity contribution in [1.29, 1.82) is 0 Å². The van der Waals surface area contributed by atoms with Gasteiger partial charge in [-0.15, -0.1) is 0 Å². The number of unbranched alkanes of at least 4 members (excludes halogenated alkanes) is 14. The van der Waals surface area contributed by atoms with Crippen molar-refractivity contribution in [3.05, 3.63) is 30.3 Å². The fourth-order valence-electron chi connectivity index (χ4n) is 3.64. The maximum atomic E-state index is 3.54. The molecule has 0 amide bonds. The minimum Gasteiger partial charge on any atom is -0.382 e. The summed E-state index contributed by atoms with van der Waals surface area (Å²) >= 11 is 0. The summed E-state index contributed by atoms with van der Waals surface area (Å²) in [6.07, 6.45) is 22.8. The molecule has 0 spiro atoms. The number of rotatable bonds is 18. The molecule has 1 unspecified atom stereocenters. The van der Waals surface area contributed by atoms with Crippen LogP contribution in [0.1, 0.15) is 117 Å². The summed E-state index contributed by atoms with van der Waals surface area (Å²) in [5.41, 5.74) is 1.13. The Labute approximate surface area is 164 Å². The molecular formula is C25H44N. The van der Waals surface area contributed by atoms with E-state index in [2.05, 4.69) is 37.4 Å². The predicted octanol–water partition coefficient (Wildman–Crippen LogP) is 8.55. The molecule has 0 fully saturated rings. The van der Waals surface area contributed by atoms with Crippen LogP contribution in [0.4, 0.5) is 5.69 Å². The highest BCUT2D eigenvalue weighted by Crippen LogP contribution is 2.15. The third-order valence-corrected chi connectivity index (χ3v) is 5.35. The van der Waals surface area contributed by atoms with Crippen LogP contribution < -0.4 is 5.32 Å². The third-order valence-electron chi connectivity index (χ3n) is 5.35. The van der Waals surface area contributed by atoms with Gasteiger partial charge in [0.05, 0.1) is 0 Å². The molecule has 1 radical (unpaired) electrons. The van der Waals surface area contributed by atoms with E-state index in [-0.39, 0.29) is 0 Å². The number of anilines is 1. The van der Waals surface area contributed by atoms with Crippen molar-refractivity contribution in [2.75, 3.05) is 5.32 Å². The van der Waals surface area contributed by atoms with Gasteiger partial charge in [0.15, 0.2) is 0 Å². The third kappa shape index (κ3) is 14.2. The van der Waals surface area contributed by atoms with Gasteiger partial charge in [0, 0.05) is 17.8 Å². The molecule has 1 rings (SSSR count). The lowest BCUT2D eigenvalue weighted by molar-refractivity contribution is 0.525. The SMILES string of the molecule is CCCCCCCCCCCCCCCCCC(C)Nc1[c]cccc1. The molecule has 149 valence electrons. The summed E-state index contributed by atoms with van der Waals surface area (Å²) in [6, 6.07) is 12.0. The zero-order valence-electron chi connectivity index (χ0n) is 17.7. The van der Waals surface area contributed by atoms with Gasteiger partial charge in [-0.25, -0.2) is 0 Å². The van der Waals surface area contributed by atoms with Crippen LogP contribution in [0.5, 0.6) is 0 Å². The summed E-state index contributed by atoms with van der Waals surface area (Å²) in [7, 11) is 0. The number of para-hydroxylation sites is 1. The highest BCUT2D eigenvalue weighted by atomic mass is 14.9. The van der Waals surface area contributed by atoms with E-state index in [1.54, 1.807) is 0 Å². The maximum absolute atomic E-state index is 3.54. The molecule has 1 nitrogen and oxygen atoms in total. The van der Waals surface area contributed by atoms with E-state index in [9.17, 15) is 0 Å². The van der Waals surface area contributed by atoms with Crippen molar-refractivity contribution in [3.8, 4) is 0 Å². The van der Waals surface area contributed by atoms with Gasteiger partial charge in [0.25, 0.3) is 0 Å². The molecule has 1 heteroatoms. The standard InChI is InChI=1S/C25H44N/c1-3-4-5-6-7-8-9-10-11-12-13-14-15-16-18-21-24(2)26-25-22-19-17-20-23-25/h17,19-20,22,24,26H,3-16,18,21H2,1-2H3. The second-order valence-corrected chi connectivity index (χ2v) is 8.06. The fourth-order valence-corrected chi connectivity index (χ4v) is 3.64. The van der Waals surface area contributed by atoms with Crippen molar-refractivity contribution < 1.29 is 0 Å². The number of hydrogen-bond acceptors (Lipinski definition) is 1. The van der Waals surface area contributed by atoms with Gasteiger partial charge in [-0.1, -0.05) is 121 Å². The Morgan fingerprint density at radius 3 is 1.69 bits per heavy atom. The number of hydrogen-bond donors (Lipinski definition) is 1. The minimum absolute atomic E-state index is 0.552. The lowest BCUT2D eigenvalue weighted by Crippen LogP contribution is -2.14. The highest BCUT2D eigenvalue weighted by molar-refractivity contribution is 5.41. The molecule has 1 atom stereocenters. The van der Waals surface area contributed by atoms with Crippen LogP contribution in [0, 0.1) is 6.07 Å². The zero-order chi connectivity index (χ0) is 18.7. The number of benzene rings is 1. The van der Waals surface area contributed by atoms with Gasteiger partial charge in [-0.3, -0.25) is 0 Å². The lowest BCUT2D eigenvalue weighted by atomic mass is 10.0. The Morgan fingerprint density at radius 2 is 1.23 bits per heavy atom. The van der Waals surface area contributed by atoms with Crippen LogP contribution >= 0.6 is 0 Å². The largest absolute Gasteiger partial charge is 0.382 e. The van der Waals surface area contributed by atoms with Gasteiger partial charge in [-0.2, -0.15) is 0 Å². The zero-order valence-corrected chi connectivity index (χ0v) is 17.7. The predicted molar refractivity (Wildman–Crippen MR) is 118 cm³/mol. The van der Waals surface area contributed by atoms with E-state index >= 15 is 0 Å². The van der Waals surface area contributed by atoms with Gasteiger partial charge in [0.2, 0.25) is 0 Å². The molecular weight excluding hydrogens is 314 g/mol. The molecule has 0 saturated heterocycles. The highest BCUT2D eigenvalue weighted by Gasteiger charge is 2.01. The molecule has 1 aromatic rings. The molecule has 0 aliphatic carbocycles. The summed E-state index contributed by atoms with van der Waals surface area (Å²) in [6.45, 7) is 4.58. The molecule has 0 aliphatic heterocycles. The smallest absolute Gasteiger partial charge is 0.0422 e. The molecule has 0 aromatic heterocycles. The Bertz CT molecular complexity index is 386. The van der Waals surface area contributed by atoms with E-state index in [4.69, 9.17) is 0 Å². The quantitative estimate of drug-likeness (QED) is 0.259. The van der Waals surface area contributed by atoms with Crippen LogP contribution in [0.25, 0.3) is 0 Å². The molecule has 0 bridgehead atoms. The molecule has 0 aliphatic rings. The van der Waals surface area contributed by atoms with Gasteiger partial charge >= 0.3 is 0 Å². The van der Waals surface area contributed by atoms with Crippen LogP contribution in [0.15, 0.2) is 24.3 Å². The first kappa shape index (κ1) is 23.1. The minimum atomic E-state index is 0.552. The fraction of sp³-hybridized carbons (Fsp3) is 0.760. The summed E-state index contributed by atoms with van der Waals surface area (Å²) in [5, 5.41) is 3.54. The second kappa shape index (κ2) is 17.4. The lowest BCUT2D eigenvalue weighted by Gasteiger charge is -2.14. The van der Waals surface area contributed by atoms with Crippen molar-refractivity contribution in [3.63, 3.8) is 0 Å². The topological polar surface area (TPSA) is 12.0 Å². The Morgan fingerprint density at radius 1 is 0.731 bits per heavy atom. The van der Waals surface area contributed by atoms with Crippen LogP contribution in [0.3, 0.4) is 0 Å². The van der Waals surface area contributed by atoms with Crippen LogP contribution in [0.2, 0.25) is 0 Å². The van der Waals surface area contributed by atoms with Crippen LogP contribution in [-0.2, 0) is 0 Å². The van der Waals surface area contributed by atoms with Gasteiger partial charge in [-0.05, 0) is 19.4 Å². The Hall–Kier alpha value is -0.980. The molecule has 1 N–H and O–H groups in total. The van der Waals surface area contributed by atoms with Gasteiger partial charge < -0.3 is 5.32 Å². The van der Waals surface area contributed by atoms with E-state index in [0.29, 0.717) is 6.04 Å². The number of nitrogens with one attached hydrogen (secondary N) is 1. The normalized spacial score (nSPS) is 12.2. The molecule has 0 heterocycles. The van der Waals surface area contributed by atoms with Crippen molar-refractivity contribution in [2.24, 2.45) is 0 Å². The summed E-state index contributed by atoms with van der Waals surface area (Å²) < 4.78 is 0. The van der Waals surface area contributed by atoms with Gasteiger partial charge in [0.1, 0.15) is 0 Å². The second-order valence-electron chi connectivity index (χ2n) is 8.06. The average Bonchev–Trinajstić information content (AvgIpc) is 2.65. The summed E-state index contributed by atoms with van der Waals surface area (Å²) in [5.74, 6) is 0.